The molecule has 29 heavy (non-hydrogen) atoms. The molecule has 1 fully saturated rings. The van der Waals surface area contributed by atoms with E-state index in [0.717, 1.165) is 31.4 Å². The predicted molar refractivity (Wildman–Crippen MR) is 116 cm³/mol. The van der Waals surface area contributed by atoms with Gasteiger partial charge in [-0.25, -0.2) is 9.37 Å². The summed E-state index contributed by atoms with van der Waals surface area (Å²) in [6.45, 7) is 0. The van der Waals surface area contributed by atoms with Gasteiger partial charge in [0.05, 0.1) is 15.6 Å². The molecule has 1 saturated carbocycles. The first-order chi connectivity index (χ1) is 13.9. The summed E-state index contributed by atoms with van der Waals surface area (Å²) < 4.78 is 14.9. The second kappa shape index (κ2) is 8.13. The highest BCUT2D eigenvalue weighted by Crippen LogP contribution is 2.50. The fraction of sp³-hybridized carbons (Fsp3) is 0.350. The summed E-state index contributed by atoms with van der Waals surface area (Å²) in [7, 11) is 0. The van der Waals surface area contributed by atoms with Gasteiger partial charge >= 0.3 is 0 Å². The number of rotatable bonds is 3. The van der Waals surface area contributed by atoms with Gasteiger partial charge in [-0.3, -0.25) is 9.79 Å². The molecule has 3 N–H and O–H groups in total. The maximum Gasteiger partial charge on any atom is 0.275 e. The molecule has 2 aromatic rings. The van der Waals surface area contributed by atoms with Gasteiger partial charge in [0.2, 0.25) is 0 Å². The highest BCUT2D eigenvalue weighted by atomic mass is 35.5. The van der Waals surface area contributed by atoms with Crippen molar-refractivity contribution in [3.05, 3.63) is 57.6 Å². The van der Waals surface area contributed by atoms with Crippen LogP contribution in [-0.4, -0.2) is 21.8 Å². The first-order valence-electron chi connectivity index (χ1n) is 9.29. The molecule has 1 aliphatic carbocycles. The molecule has 0 unspecified atom stereocenters. The number of amidine groups is 1. The lowest BCUT2D eigenvalue weighted by Crippen LogP contribution is -2.43. The number of pyridine rings is 1. The number of carbonyl (C=O) groups excluding carboxylic acids is 1. The lowest BCUT2D eigenvalue weighted by molar-refractivity contribution is 0.102. The number of hydrogen-bond donors (Lipinski definition) is 2. The van der Waals surface area contributed by atoms with Crippen LogP contribution in [0.15, 0.2) is 35.5 Å². The van der Waals surface area contributed by atoms with Crippen LogP contribution in [0.3, 0.4) is 0 Å². The van der Waals surface area contributed by atoms with Crippen molar-refractivity contribution < 1.29 is 9.18 Å². The minimum atomic E-state index is -0.686. The highest BCUT2D eigenvalue weighted by molar-refractivity contribution is 8.13. The Morgan fingerprint density at radius 1 is 1.31 bits per heavy atom. The maximum absolute atomic E-state index is 14.9. The van der Waals surface area contributed by atoms with Crippen LogP contribution in [0.4, 0.5) is 10.1 Å². The van der Waals surface area contributed by atoms with E-state index in [0.29, 0.717) is 21.4 Å². The minimum Gasteiger partial charge on any atom is -0.379 e. The van der Waals surface area contributed by atoms with Gasteiger partial charge in [0, 0.05) is 23.2 Å². The van der Waals surface area contributed by atoms with Crippen LogP contribution >= 0.6 is 35.0 Å². The zero-order valence-electron chi connectivity index (χ0n) is 15.4. The number of carbonyl (C=O) groups is 1. The van der Waals surface area contributed by atoms with Crippen molar-refractivity contribution in [3.8, 4) is 0 Å². The van der Waals surface area contributed by atoms with Gasteiger partial charge in [-0.2, -0.15) is 0 Å². The topological polar surface area (TPSA) is 80.4 Å². The van der Waals surface area contributed by atoms with Gasteiger partial charge in [-0.15, -0.1) is 0 Å². The van der Waals surface area contributed by atoms with Gasteiger partial charge in [-0.1, -0.05) is 47.8 Å². The number of fused-ring (bicyclic) bond motifs is 1. The number of amides is 1. The third-order valence-electron chi connectivity index (χ3n) is 5.49. The van der Waals surface area contributed by atoms with Crippen LogP contribution in [0.2, 0.25) is 10.0 Å². The number of halogens is 3. The molecule has 2 heterocycles. The van der Waals surface area contributed by atoms with Crippen LogP contribution < -0.4 is 11.1 Å². The third-order valence-corrected chi connectivity index (χ3v) is 6.94. The molecule has 1 amide bonds. The third kappa shape index (κ3) is 3.96. The van der Waals surface area contributed by atoms with Gasteiger partial charge < -0.3 is 11.1 Å². The Bertz CT molecular complexity index is 1000. The van der Waals surface area contributed by atoms with E-state index in [2.05, 4.69) is 10.3 Å². The number of hydrogen-bond acceptors (Lipinski definition) is 5. The van der Waals surface area contributed by atoms with Crippen LogP contribution in [-0.2, 0) is 5.54 Å². The first-order valence-corrected chi connectivity index (χ1v) is 11.0. The van der Waals surface area contributed by atoms with Crippen molar-refractivity contribution in [3.63, 3.8) is 0 Å². The van der Waals surface area contributed by atoms with Crippen molar-refractivity contribution >= 4 is 51.7 Å². The molecule has 0 radical (unpaired) electrons. The Morgan fingerprint density at radius 2 is 2.14 bits per heavy atom. The second-order valence-corrected chi connectivity index (χ2v) is 9.14. The molecule has 4 rings (SSSR count). The Labute approximate surface area is 182 Å². The molecule has 0 saturated heterocycles. The molecule has 1 aliphatic heterocycles. The highest BCUT2D eigenvalue weighted by Gasteiger charge is 2.46. The molecule has 0 bridgehead atoms. The Morgan fingerprint density at radius 3 is 2.93 bits per heavy atom. The number of anilines is 1. The summed E-state index contributed by atoms with van der Waals surface area (Å²) in [5, 5.41) is 3.71. The average Bonchev–Trinajstić information content (AvgIpc) is 2.69. The van der Waals surface area contributed by atoms with E-state index in [1.807, 2.05) is 0 Å². The average molecular weight is 453 g/mol. The Hall–Kier alpha value is -1.83. The quantitative estimate of drug-likeness (QED) is 0.667. The molecule has 5 nitrogen and oxygen atoms in total. The Kier molecular flexibility index (Phi) is 5.73. The summed E-state index contributed by atoms with van der Waals surface area (Å²) in [4.78, 5) is 21.3. The standard InChI is InChI=1S/C20H19Cl2FN4OS/c21-12-7-15(22)17(25-9-12)18(28)26-13-4-5-16(23)14(8-13)20-6-2-1-3-11(20)10-29-19(24)27-20/h4-5,7-9,11H,1-3,6,10H2,(H2,24,27)(H,26,28)/t11-,20-/m0/s1. The van der Waals surface area contributed by atoms with Gasteiger partial charge in [0.15, 0.2) is 5.17 Å². The van der Waals surface area contributed by atoms with E-state index in [1.165, 1.54) is 36.2 Å². The minimum absolute atomic E-state index is 0.0481. The zero-order valence-corrected chi connectivity index (χ0v) is 17.8. The molecule has 9 heteroatoms. The molecule has 2 atom stereocenters. The van der Waals surface area contributed by atoms with Crippen molar-refractivity contribution in [1.29, 1.82) is 0 Å². The van der Waals surface area contributed by atoms with E-state index in [9.17, 15) is 9.18 Å². The number of benzene rings is 1. The van der Waals surface area contributed by atoms with Crippen molar-refractivity contribution in [2.45, 2.75) is 31.2 Å². The summed E-state index contributed by atoms with van der Waals surface area (Å²) in [5.41, 5.74) is 6.31. The molecule has 1 aromatic carbocycles. The van der Waals surface area contributed by atoms with E-state index in [-0.39, 0.29) is 22.5 Å². The number of aromatic nitrogens is 1. The largest absolute Gasteiger partial charge is 0.379 e. The molecule has 152 valence electrons. The maximum atomic E-state index is 14.9. The summed E-state index contributed by atoms with van der Waals surface area (Å²) in [5.74, 6) is 0.182. The first kappa shape index (κ1) is 20.4. The van der Waals surface area contributed by atoms with Crippen LogP contribution in [0, 0.1) is 11.7 Å². The van der Waals surface area contributed by atoms with Gasteiger partial charge in [0.1, 0.15) is 11.5 Å². The second-order valence-electron chi connectivity index (χ2n) is 7.26. The lowest BCUT2D eigenvalue weighted by Gasteiger charge is -2.44. The SMILES string of the molecule is NC1=N[C@@]2(c3cc(NC(=O)c4ncc(Cl)cc4Cl)ccc3F)CCCC[C@H]2CS1. The van der Waals surface area contributed by atoms with Crippen molar-refractivity contribution in [2.75, 3.05) is 11.1 Å². The smallest absolute Gasteiger partial charge is 0.275 e. The van der Waals surface area contributed by atoms with E-state index in [4.69, 9.17) is 33.9 Å². The zero-order chi connectivity index (χ0) is 20.6. The predicted octanol–water partition coefficient (Wildman–Crippen LogP) is 5.23. The van der Waals surface area contributed by atoms with Crippen molar-refractivity contribution in [1.82, 2.24) is 4.98 Å². The molecule has 0 spiro atoms. The normalized spacial score (nSPS) is 23.8. The Balaban J connectivity index is 1.69. The van der Waals surface area contributed by atoms with Crippen LogP contribution in [0.5, 0.6) is 0 Å². The van der Waals surface area contributed by atoms with Gasteiger partial charge in [-0.05, 0) is 43.0 Å². The van der Waals surface area contributed by atoms with E-state index < -0.39 is 11.4 Å². The number of thioether (sulfide) groups is 1. The summed E-state index contributed by atoms with van der Waals surface area (Å²) >= 11 is 13.4. The molecular formula is C20H19Cl2FN4OS. The summed E-state index contributed by atoms with van der Waals surface area (Å²) in [6, 6.07) is 5.97. The monoisotopic (exact) mass is 452 g/mol. The molecule has 1 aromatic heterocycles. The van der Waals surface area contributed by atoms with E-state index >= 15 is 0 Å². The molecule has 2 aliphatic rings. The van der Waals surface area contributed by atoms with Crippen molar-refractivity contribution in [2.24, 2.45) is 16.6 Å². The number of aliphatic imine (C=N–C) groups is 1. The van der Waals surface area contributed by atoms with Crippen LogP contribution in [0.1, 0.15) is 41.7 Å². The lowest BCUT2D eigenvalue weighted by atomic mass is 9.69. The van der Waals surface area contributed by atoms with Crippen LogP contribution in [0.25, 0.3) is 0 Å². The number of nitrogens with two attached hydrogens (primary N) is 1. The van der Waals surface area contributed by atoms with Gasteiger partial charge in [0.25, 0.3) is 5.91 Å². The fourth-order valence-corrected chi connectivity index (χ4v) is 5.64. The number of nitrogens with zero attached hydrogens (tertiary/aromatic N) is 2. The van der Waals surface area contributed by atoms with E-state index in [1.54, 1.807) is 6.07 Å². The number of nitrogens with one attached hydrogen (secondary N) is 1. The molecular weight excluding hydrogens is 434 g/mol. The fourth-order valence-electron chi connectivity index (χ4n) is 4.13. The summed E-state index contributed by atoms with van der Waals surface area (Å²) in [6.07, 6.45) is 5.11.